The molecule has 3 atom stereocenters. The SMILES string of the molecule is CCCCC(C)(C)[C@H](O)CC[C@H]1CCC(=O)[C@@H]1CC=CCCCCOC(C)=O. The lowest BCUT2D eigenvalue weighted by atomic mass is 9.77. The van der Waals surface area contributed by atoms with Crippen molar-refractivity contribution in [3.05, 3.63) is 12.2 Å². The smallest absolute Gasteiger partial charge is 0.302 e. The lowest BCUT2D eigenvalue weighted by molar-refractivity contribution is -0.141. The number of ketones is 1. The number of allylic oxidation sites excluding steroid dienone is 2. The molecule has 1 saturated carbocycles. The Kier molecular flexibility index (Phi) is 11.7. The van der Waals surface area contributed by atoms with Gasteiger partial charge in [-0.15, -0.1) is 0 Å². The molecule has 1 N–H and O–H groups in total. The van der Waals surface area contributed by atoms with E-state index < -0.39 is 0 Å². The highest BCUT2D eigenvalue weighted by molar-refractivity contribution is 5.83. The van der Waals surface area contributed by atoms with Crippen molar-refractivity contribution in [2.45, 2.75) is 104 Å². The number of Topliss-reactive ketones (excluding diaryl/α,β-unsaturated/α-hetero) is 1. The molecule has 1 aliphatic carbocycles. The Morgan fingerprint density at radius 3 is 2.71 bits per heavy atom. The van der Waals surface area contributed by atoms with Crippen LogP contribution in [0.5, 0.6) is 0 Å². The van der Waals surface area contributed by atoms with Gasteiger partial charge in [0.2, 0.25) is 0 Å². The number of unbranched alkanes of at least 4 members (excludes halogenated alkanes) is 3. The van der Waals surface area contributed by atoms with Gasteiger partial charge < -0.3 is 9.84 Å². The Bertz CT molecular complexity index is 495. The highest BCUT2D eigenvalue weighted by Gasteiger charge is 2.35. The summed E-state index contributed by atoms with van der Waals surface area (Å²) in [6.45, 7) is 8.43. The molecule has 0 heterocycles. The summed E-state index contributed by atoms with van der Waals surface area (Å²) in [5, 5.41) is 10.6. The van der Waals surface area contributed by atoms with Gasteiger partial charge in [0.1, 0.15) is 5.78 Å². The number of carbonyl (C=O) groups excluding carboxylic acids is 2. The maximum absolute atomic E-state index is 12.3. The monoisotopic (exact) mass is 394 g/mol. The lowest BCUT2D eigenvalue weighted by Gasteiger charge is -2.31. The van der Waals surface area contributed by atoms with Crippen LogP contribution in [0.2, 0.25) is 0 Å². The van der Waals surface area contributed by atoms with Crippen LogP contribution in [0.3, 0.4) is 0 Å². The van der Waals surface area contributed by atoms with Crippen LogP contribution in [0.1, 0.15) is 98.3 Å². The van der Waals surface area contributed by atoms with Crippen LogP contribution in [0, 0.1) is 17.3 Å². The second kappa shape index (κ2) is 13.1. The number of ether oxygens (including phenoxy) is 1. The van der Waals surface area contributed by atoms with Crippen LogP contribution in [0.4, 0.5) is 0 Å². The molecule has 4 nitrogen and oxygen atoms in total. The average Bonchev–Trinajstić information content (AvgIpc) is 2.99. The molecular weight excluding hydrogens is 352 g/mol. The molecule has 0 amide bonds. The standard InChI is InChI=1S/C24H42O4/c1-5-6-17-24(3,4)23(27)16-14-20-13-15-22(26)21(20)12-10-8-7-9-11-18-28-19(2)25/h8,10,20-21,23,27H,5-7,9,11-18H2,1-4H3/t20-,21-,23-/m1/s1. The Morgan fingerprint density at radius 1 is 1.29 bits per heavy atom. The molecule has 4 heteroatoms. The number of carbonyl (C=O) groups is 2. The van der Waals surface area contributed by atoms with Gasteiger partial charge in [0.05, 0.1) is 12.7 Å². The average molecular weight is 395 g/mol. The zero-order chi connectivity index (χ0) is 21.0. The van der Waals surface area contributed by atoms with Gasteiger partial charge in [0.25, 0.3) is 0 Å². The van der Waals surface area contributed by atoms with Crippen LogP contribution >= 0.6 is 0 Å². The topological polar surface area (TPSA) is 63.6 Å². The summed E-state index contributed by atoms with van der Waals surface area (Å²) in [5.74, 6) is 0.713. The van der Waals surface area contributed by atoms with Crippen molar-refractivity contribution in [2.75, 3.05) is 6.61 Å². The third-order valence-corrected chi connectivity index (χ3v) is 6.26. The third-order valence-electron chi connectivity index (χ3n) is 6.26. The summed E-state index contributed by atoms with van der Waals surface area (Å²) >= 11 is 0. The first-order valence-corrected chi connectivity index (χ1v) is 11.3. The number of hydrogen-bond donors (Lipinski definition) is 1. The highest BCUT2D eigenvalue weighted by atomic mass is 16.5. The van der Waals surface area contributed by atoms with Crippen LogP contribution in [-0.4, -0.2) is 29.6 Å². The Balaban J connectivity index is 2.34. The van der Waals surface area contributed by atoms with Crippen LogP contribution in [0.25, 0.3) is 0 Å². The summed E-state index contributed by atoms with van der Waals surface area (Å²) in [6.07, 6.45) is 14.4. The molecular formula is C24H42O4. The normalized spacial score (nSPS) is 21.4. The van der Waals surface area contributed by atoms with Gasteiger partial charge >= 0.3 is 5.97 Å². The molecule has 1 rings (SSSR count). The lowest BCUT2D eigenvalue weighted by Crippen LogP contribution is -2.30. The summed E-state index contributed by atoms with van der Waals surface area (Å²) in [7, 11) is 0. The van der Waals surface area contributed by atoms with Gasteiger partial charge in [-0.05, 0) is 62.7 Å². The number of hydrogen-bond acceptors (Lipinski definition) is 4. The van der Waals surface area contributed by atoms with E-state index >= 15 is 0 Å². The third kappa shape index (κ3) is 9.36. The van der Waals surface area contributed by atoms with Gasteiger partial charge in [0.15, 0.2) is 0 Å². The van der Waals surface area contributed by atoms with E-state index in [0.717, 1.165) is 64.2 Å². The number of rotatable bonds is 14. The van der Waals surface area contributed by atoms with E-state index in [1.54, 1.807) is 0 Å². The van der Waals surface area contributed by atoms with Gasteiger partial charge in [-0.1, -0.05) is 45.8 Å². The first-order valence-electron chi connectivity index (χ1n) is 11.3. The van der Waals surface area contributed by atoms with E-state index in [4.69, 9.17) is 4.74 Å². The number of esters is 1. The van der Waals surface area contributed by atoms with Gasteiger partial charge in [0, 0.05) is 19.3 Å². The molecule has 0 bridgehead atoms. The minimum Gasteiger partial charge on any atom is -0.466 e. The van der Waals surface area contributed by atoms with Gasteiger partial charge in [-0.25, -0.2) is 0 Å². The Labute approximate surface area is 172 Å². The van der Waals surface area contributed by atoms with Crippen molar-refractivity contribution in [3.63, 3.8) is 0 Å². The van der Waals surface area contributed by atoms with Crippen molar-refractivity contribution >= 4 is 11.8 Å². The predicted octanol–water partition coefficient (Wildman–Crippen LogP) is 5.62. The fraction of sp³-hybridized carbons (Fsp3) is 0.833. The van der Waals surface area contributed by atoms with Crippen molar-refractivity contribution in [2.24, 2.45) is 17.3 Å². The van der Waals surface area contributed by atoms with Gasteiger partial charge in [-0.2, -0.15) is 0 Å². The molecule has 0 unspecified atom stereocenters. The van der Waals surface area contributed by atoms with E-state index in [1.165, 1.54) is 6.92 Å². The molecule has 1 fully saturated rings. The molecule has 0 aromatic carbocycles. The second-order valence-corrected chi connectivity index (χ2v) is 9.10. The summed E-state index contributed by atoms with van der Waals surface area (Å²) in [6, 6.07) is 0. The van der Waals surface area contributed by atoms with E-state index in [9.17, 15) is 14.7 Å². The number of aliphatic hydroxyl groups excluding tert-OH is 1. The summed E-state index contributed by atoms with van der Waals surface area (Å²) < 4.78 is 4.92. The van der Waals surface area contributed by atoms with E-state index in [-0.39, 0.29) is 23.4 Å². The first-order chi connectivity index (χ1) is 13.3. The molecule has 0 aromatic heterocycles. The second-order valence-electron chi connectivity index (χ2n) is 9.10. The van der Waals surface area contributed by atoms with E-state index in [1.807, 2.05) is 0 Å². The van der Waals surface area contributed by atoms with Crippen molar-refractivity contribution in [1.82, 2.24) is 0 Å². The fourth-order valence-electron chi connectivity index (χ4n) is 4.15. The minimum absolute atomic E-state index is 0.0415. The van der Waals surface area contributed by atoms with Gasteiger partial charge in [-0.3, -0.25) is 9.59 Å². The zero-order valence-electron chi connectivity index (χ0n) is 18.5. The zero-order valence-corrected chi connectivity index (χ0v) is 18.5. The molecule has 1 aliphatic rings. The Hall–Kier alpha value is -1.16. The van der Waals surface area contributed by atoms with Crippen molar-refractivity contribution in [1.29, 1.82) is 0 Å². The Morgan fingerprint density at radius 2 is 2.04 bits per heavy atom. The molecule has 28 heavy (non-hydrogen) atoms. The maximum Gasteiger partial charge on any atom is 0.302 e. The number of aliphatic hydroxyl groups is 1. The first kappa shape index (κ1) is 24.9. The van der Waals surface area contributed by atoms with Crippen molar-refractivity contribution < 1.29 is 19.4 Å². The fourth-order valence-corrected chi connectivity index (χ4v) is 4.15. The van der Waals surface area contributed by atoms with Crippen LogP contribution in [0.15, 0.2) is 12.2 Å². The minimum atomic E-state index is -0.289. The molecule has 0 aromatic rings. The molecule has 0 radical (unpaired) electrons. The van der Waals surface area contributed by atoms with Crippen LogP contribution in [-0.2, 0) is 14.3 Å². The molecule has 162 valence electrons. The largest absolute Gasteiger partial charge is 0.466 e. The van der Waals surface area contributed by atoms with Crippen molar-refractivity contribution in [3.8, 4) is 0 Å². The van der Waals surface area contributed by atoms with E-state index in [0.29, 0.717) is 24.7 Å². The highest BCUT2D eigenvalue weighted by Crippen LogP contribution is 2.37. The predicted molar refractivity (Wildman–Crippen MR) is 114 cm³/mol. The summed E-state index contributed by atoms with van der Waals surface area (Å²) in [4.78, 5) is 23.0. The summed E-state index contributed by atoms with van der Waals surface area (Å²) in [5.41, 5.74) is -0.0415. The van der Waals surface area contributed by atoms with E-state index in [2.05, 4.69) is 32.9 Å². The molecule has 0 saturated heterocycles. The maximum atomic E-state index is 12.3. The quantitative estimate of drug-likeness (QED) is 0.236. The molecule has 0 spiro atoms. The van der Waals surface area contributed by atoms with Crippen LogP contribution < -0.4 is 0 Å². The molecule has 0 aliphatic heterocycles.